The van der Waals surface area contributed by atoms with Crippen LogP contribution in [0.5, 0.6) is 0 Å². The molecule has 0 aliphatic heterocycles. The van der Waals surface area contributed by atoms with Gasteiger partial charge in [0.1, 0.15) is 11.1 Å². The summed E-state index contributed by atoms with van der Waals surface area (Å²) in [5.74, 6) is 0.645. The third-order valence-electron chi connectivity index (χ3n) is 4.64. The third-order valence-corrected chi connectivity index (χ3v) is 5.81. The van der Waals surface area contributed by atoms with E-state index in [0.29, 0.717) is 17.9 Å². The quantitative estimate of drug-likeness (QED) is 0.884. The smallest absolute Gasteiger partial charge is 0.225 e. The first-order valence-electron chi connectivity index (χ1n) is 8.47. The van der Waals surface area contributed by atoms with Crippen LogP contribution in [-0.4, -0.2) is 5.91 Å². The second-order valence-electron chi connectivity index (χ2n) is 6.70. The fourth-order valence-corrected chi connectivity index (χ4v) is 4.54. The van der Waals surface area contributed by atoms with E-state index in [-0.39, 0.29) is 5.91 Å². The number of aryl methyl sites for hydroxylation is 2. The summed E-state index contributed by atoms with van der Waals surface area (Å²) in [6.07, 6.45) is 4.26. The highest BCUT2D eigenvalue weighted by Gasteiger charge is 2.24. The third kappa shape index (κ3) is 3.68. The van der Waals surface area contributed by atoms with E-state index in [4.69, 9.17) is 0 Å². The van der Waals surface area contributed by atoms with Gasteiger partial charge in [-0.05, 0) is 49.7 Å². The second kappa shape index (κ2) is 7.19. The molecule has 1 aromatic carbocycles. The van der Waals surface area contributed by atoms with E-state index in [9.17, 15) is 10.1 Å². The number of hydrogen-bond donors (Lipinski definition) is 1. The van der Waals surface area contributed by atoms with Crippen LogP contribution in [0.2, 0.25) is 0 Å². The summed E-state index contributed by atoms with van der Waals surface area (Å²) in [6, 6.07) is 10.6. The molecule has 1 aromatic heterocycles. The molecule has 1 aliphatic carbocycles. The lowest BCUT2D eigenvalue weighted by molar-refractivity contribution is -0.116. The number of carbonyl (C=O) groups excluding carboxylic acids is 1. The molecule has 0 fully saturated rings. The van der Waals surface area contributed by atoms with Gasteiger partial charge in [-0.3, -0.25) is 4.79 Å². The Labute approximate surface area is 147 Å². The molecule has 1 N–H and O–H groups in total. The summed E-state index contributed by atoms with van der Waals surface area (Å²) in [4.78, 5) is 13.6. The zero-order chi connectivity index (χ0) is 17.1. The minimum Gasteiger partial charge on any atom is -0.317 e. The molecule has 4 heteroatoms. The number of benzene rings is 1. The number of nitrogens with one attached hydrogen (secondary N) is 1. The largest absolute Gasteiger partial charge is 0.317 e. The van der Waals surface area contributed by atoms with E-state index < -0.39 is 0 Å². The predicted molar refractivity (Wildman–Crippen MR) is 98.4 cm³/mol. The van der Waals surface area contributed by atoms with Gasteiger partial charge in [-0.2, -0.15) is 5.26 Å². The van der Waals surface area contributed by atoms with Gasteiger partial charge in [0.2, 0.25) is 5.91 Å². The lowest BCUT2D eigenvalue weighted by atomic mass is 9.88. The van der Waals surface area contributed by atoms with Crippen LogP contribution in [0.25, 0.3) is 0 Å². The maximum absolute atomic E-state index is 12.3. The van der Waals surface area contributed by atoms with Crippen molar-refractivity contribution >= 4 is 22.2 Å². The van der Waals surface area contributed by atoms with Crippen molar-refractivity contribution in [1.82, 2.24) is 0 Å². The molecule has 3 rings (SSSR count). The summed E-state index contributed by atoms with van der Waals surface area (Å²) in [5, 5.41) is 13.2. The molecule has 1 heterocycles. The van der Waals surface area contributed by atoms with Gasteiger partial charge >= 0.3 is 0 Å². The van der Waals surface area contributed by atoms with Gasteiger partial charge in [-0.15, -0.1) is 11.3 Å². The highest BCUT2D eigenvalue weighted by molar-refractivity contribution is 7.16. The normalized spacial score (nSPS) is 16.3. The van der Waals surface area contributed by atoms with E-state index in [1.165, 1.54) is 10.4 Å². The number of rotatable bonds is 4. The number of amides is 1. The van der Waals surface area contributed by atoms with Gasteiger partial charge in [0.15, 0.2) is 0 Å². The molecule has 1 aliphatic rings. The lowest BCUT2D eigenvalue weighted by Crippen LogP contribution is -2.12. The van der Waals surface area contributed by atoms with E-state index >= 15 is 0 Å². The predicted octanol–water partition coefficient (Wildman–Crippen LogP) is 4.62. The molecule has 1 atom stereocenters. The van der Waals surface area contributed by atoms with Crippen LogP contribution >= 0.6 is 11.3 Å². The molecule has 3 nitrogen and oxygen atoms in total. The fraction of sp³-hybridized carbons (Fsp3) is 0.400. The van der Waals surface area contributed by atoms with Crippen molar-refractivity contribution < 1.29 is 4.79 Å². The number of carbonyl (C=O) groups is 1. The second-order valence-corrected chi connectivity index (χ2v) is 7.81. The van der Waals surface area contributed by atoms with Crippen LogP contribution in [0.4, 0.5) is 5.00 Å². The van der Waals surface area contributed by atoms with Crippen molar-refractivity contribution in [2.45, 2.75) is 46.0 Å². The lowest BCUT2D eigenvalue weighted by Gasteiger charge is -2.17. The highest BCUT2D eigenvalue weighted by Crippen LogP contribution is 2.39. The van der Waals surface area contributed by atoms with Gasteiger partial charge in [-0.1, -0.05) is 36.8 Å². The van der Waals surface area contributed by atoms with Gasteiger partial charge in [-0.25, -0.2) is 0 Å². The maximum Gasteiger partial charge on any atom is 0.225 e. The molecular formula is C20H22N2OS. The highest BCUT2D eigenvalue weighted by atomic mass is 32.1. The van der Waals surface area contributed by atoms with Gasteiger partial charge < -0.3 is 5.32 Å². The number of nitrogens with zero attached hydrogens (tertiary/aromatic N) is 1. The molecule has 1 amide bonds. The standard InChI is InChI=1S/C20H22N2OS/c1-13-3-6-15(7-4-13)8-10-19(23)22-20-17(12-21)16-9-5-14(2)11-18(16)24-20/h3-4,6-7,14H,5,8-11H2,1-2H3,(H,22,23). The van der Waals surface area contributed by atoms with Crippen molar-refractivity contribution in [2.24, 2.45) is 5.92 Å². The van der Waals surface area contributed by atoms with Crippen LogP contribution in [0.15, 0.2) is 24.3 Å². The molecule has 0 spiro atoms. The first kappa shape index (κ1) is 16.7. The van der Waals surface area contributed by atoms with Gasteiger partial charge in [0, 0.05) is 11.3 Å². The molecule has 0 saturated carbocycles. The Morgan fingerprint density at radius 1 is 1.38 bits per heavy atom. The first-order chi connectivity index (χ1) is 11.6. The molecule has 124 valence electrons. The maximum atomic E-state index is 12.3. The molecule has 0 bridgehead atoms. The summed E-state index contributed by atoms with van der Waals surface area (Å²) in [6.45, 7) is 4.30. The van der Waals surface area contributed by atoms with Crippen molar-refractivity contribution in [3.8, 4) is 6.07 Å². The number of fused-ring (bicyclic) bond motifs is 1. The molecule has 0 saturated heterocycles. The first-order valence-corrected chi connectivity index (χ1v) is 9.28. The Morgan fingerprint density at radius 3 is 2.83 bits per heavy atom. The monoisotopic (exact) mass is 338 g/mol. The summed E-state index contributed by atoms with van der Waals surface area (Å²) < 4.78 is 0. The number of hydrogen-bond acceptors (Lipinski definition) is 3. The topological polar surface area (TPSA) is 52.9 Å². The van der Waals surface area contributed by atoms with Crippen molar-refractivity contribution in [3.63, 3.8) is 0 Å². The zero-order valence-electron chi connectivity index (χ0n) is 14.2. The molecular weight excluding hydrogens is 316 g/mol. The van der Waals surface area contributed by atoms with Crippen LogP contribution < -0.4 is 5.32 Å². The Bertz CT molecular complexity index is 783. The van der Waals surface area contributed by atoms with Gasteiger partial charge in [0.25, 0.3) is 0 Å². The molecule has 24 heavy (non-hydrogen) atoms. The molecule has 2 aromatic rings. The molecule has 0 radical (unpaired) electrons. The zero-order valence-corrected chi connectivity index (χ0v) is 15.0. The molecule has 1 unspecified atom stereocenters. The Balaban J connectivity index is 1.66. The van der Waals surface area contributed by atoms with E-state index in [2.05, 4.69) is 49.5 Å². The Kier molecular flexibility index (Phi) is 5.01. The van der Waals surface area contributed by atoms with Crippen molar-refractivity contribution in [2.75, 3.05) is 5.32 Å². The van der Waals surface area contributed by atoms with Crippen LogP contribution in [0.3, 0.4) is 0 Å². The summed E-state index contributed by atoms with van der Waals surface area (Å²) in [7, 11) is 0. The number of nitriles is 1. The van der Waals surface area contributed by atoms with Crippen LogP contribution in [0, 0.1) is 24.2 Å². The Morgan fingerprint density at radius 2 is 2.12 bits per heavy atom. The fourth-order valence-electron chi connectivity index (χ4n) is 3.16. The van der Waals surface area contributed by atoms with Crippen molar-refractivity contribution in [3.05, 3.63) is 51.4 Å². The number of anilines is 1. The van der Waals surface area contributed by atoms with Crippen LogP contribution in [0.1, 0.15) is 46.9 Å². The van der Waals surface area contributed by atoms with E-state index in [0.717, 1.165) is 41.8 Å². The van der Waals surface area contributed by atoms with E-state index in [1.54, 1.807) is 11.3 Å². The van der Waals surface area contributed by atoms with Crippen LogP contribution in [-0.2, 0) is 24.1 Å². The van der Waals surface area contributed by atoms with Crippen molar-refractivity contribution in [1.29, 1.82) is 5.26 Å². The minimum atomic E-state index is -0.0151. The average molecular weight is 338 g/mol. The average Bonchev–Trinajstić information content (AvgIpc) is 2.90. The summed E-state index contributed by atoms with van der Waals surface area (Å²) in [5.41, 5.74) is 4.23. The Hall–Kier alpha value is -2.12. The van der Waals surface area contributed by atoms with Gasteiger partial charge in [0.05, 0.1) is 5.56 Å². The summed E-state index contributed by atoms with van der Waals surface area (Å²) >= 11 is 1.59. The van der Waals surface area contributed by atoms with E-state index in [1.807, 2.05) is 0 Å². The minimum absolute atomic E-state index is 0.0151. The SMILES string of the molecule is Cc1ccc(CCC(=O)Nc2sc3c(c2C#N)CCC(C)C3)cc1. The number of thiophene rings is 1.